The standard InChI is InChI=1S/C16H23BrN4O2/c1-19(2)6-7-20-4-3-5-21(9-8-20)16(22)13-10-14-15(18-13)12(17)11-23-14/h10-11,18H,3-9H2,1-2H3. The molecule has 0 aromatic carbocycles. The van der Waals surface area contributed by atoms with E-state index < -0.39 is 0 Å². The summed E-state index contributed by atoms with van der Waals surface area (Å²) in [5.74, 6) is 0.0535. The lowest BCUT2D eigenvalue weighted by atomic mass is 10.3. The number of hydrogen-bond donors (Lipinski definition) is 1. The summed E-state index contributed by atoms with van der Waals surface area (Å²) in [4.78, 5) is 22.4. The Kier molecular flexibility index (Phi) is 5.08. The van der Waals surface area contributed by atoms with Crippen LogP contribution >= 0.6 is 15.9 Å². The van der Waals surface area contributed by atoms with Gasteiger partial charge in [0.1, 0.15) is 12.0 Å². The van der Waals surface area contributed by atoms with Gasteiger partial charge in [-0.25, -0.2) is 0 Å². The van der Waals surface area contributed by atoms with E-state index in [4.69, 9.17) is 4.42 Å². The number of rotatable bonds is 4. The molecule has 1 N–H and O–H groups in total. The molecule has 23 heavy (non-hydrogen) atoms. The number of nitrogens with zero attached hydrogens (tertiary/aromatic N) is 3. The third-order valence-electron chi connectivity index (χ3n) is 4.28. The van der Waals surface area contributed by atoms with Crippen LogP contribution in [0.2, 0.25) is 0 Å². The lowest BCUT2D eigenvalue weighted by Crippen LogP contribution is -2.37. The topological polar surface area (TPSA) is 55.7 Å². The van der Waals surface area contributed by atoms with Gasteiger partial charge in [0, 0.05) is 38.8 Å². The van der Waals surface area contributed by atoms with Gasteiger partial charge in [-0.05, 0) is 43.0 Å². The van der Waals surface area contributed by atoms with Crippen LogP contribution in [-0.2, 0) is 0 Å². The molecule has 0 bridgehead atoms. The van der Waals surface area contributed by atoms with E-state index in [1.807, 2.05) is 4.90 Å². The number of carbonyl (C=O) groups is 1. The van der Waals surface area contributed by atoms with E-state index in [2.05, 4.69) is 44.8 Å². The molecule has 3 heterocycles. The van der Waals surface area contributed by atoms with Gasteiger partial charge in [-0.2, -0.15) is 0 Å². The van der Waals surface area contributed by atoms with E-state index in [9.17, 15) is 4.79 Å². The maximum Gasteiger partial charge on any atom is 0.270 e. The third kappa shape index (κ3) is 3.79. The van der Waals surface area contributed by atoms with Gasteiger partial charge in [0.2, 0.25) is 0 Å². The van der Waals surface area contributed by atoms with Crippen LogP contribution in [0.15, 0.2) is 21.2 Å². The predicted octanol–water partition coefficient (Wildman–Crippen LogP) is 2.23. The molecule has 2 aromatic rings. The van der Waals surface area contributed by atoms with Crippen molar-refractivity contribution in [3.8, 4) is 0 Å². The van der Waals surface area contributed by atoms with Crippen LogP contribution in [-0.4, -0.2) is 79.0 Å². The van der Waals surface area contributed by atoms with Crippen LogP contribution in [0, 0.1) is 0 Å². The Labute approximate surface area is 144 Å². The van der Waals surface area contributed by atoms with Crippen LogP contribution in [0.5, 0.6) is 0 Å². The molecule has 2 aromatic heterocycles. The van der Waals surface area contributed by atoms with Crippen molar-refractivity contribution >= 4 is 32.9 Å². The molecule has 6 nitrogen and oxygen atoms in total. The minimum Gasteiger partial charge on any atom is -0.461 e. The molecule has 0 radical (unpaired) electrons. The first-order valence-corrected chi connectivity index (χ1v) is 8.76. The predicted molar refractivity (Wildman–Crippen MR) is 93.8 cm³/mol. The first-order valence-electron chi connectivity index (χ1n) is 7.96. The van der Waals surface area contributed by atoms with Crippen LogP contribution in [0.3, 0.4) is 0 Å². The molecule has 0 atom stereocenters. The number of aromatic nitrogens is 1. The van der Waals surface area contributed by atoms with Crippen LogP contribution in [0.25, 0.3) is 11.1 Å². The fourth-order valence-electron chi connectivity index (χ4n) is 2.90. The van der Waals surface area contributed by atoms with Gasteiger partial charge in [0.25, 0.3) is 5.91 Å². The molecule has 1 aliphatic heterocycles. The summed E-state index contributed by atoms with van der Waals surface area (Å²) in [6.07, 6.45) is 2.64. The van der Waals surface area contributed by atoms with E-state index >= 15 is 0 Å². The molecular formula is C16H23BrN4O2. The molecule has 0 saturated carbocycles. The number of halogens is 1. The number of hydrogen-bond acceptors (Lipinski definition) is 4. The van der Waals surface area contributed by atoms with Gasteiger partial charge < -0.3 is 24.1 Å². The average Bonchev–Trinajstić information content (AvgIpc) is 2.99. The van der Waals surface area contributed by atoms with Gasteiger partial charge in [-0.15, -0.1) is 0 Å². The summed E-state index contributed by atoms with van der Waals surface area (Å²) in [5, 5.41) is 0. The lowest BCUT2D eigenvalue weighted by Gasteiger charge is -2.23. The fourth-order valence-corrected chi connectivity index (χ4v) is 3.29. The second kappa shape index (κ2) is 7.07. The van der Waals surface area contributed by atoms with Crippen molar-refractivity contribution in [3.05, 3.63) is 22.5 Å². The maximum absolute atomic E-state index is 12.7. The van der Waals surface area contributed by atoms with Crippen LogP contribution in [0.4, 0.5) is 0 Å². The minimum absolute atomic E-state index is 0.0535. The molecular weight excluding hydrogens is 360 g/mol. The number of furan rings is 1. The second-order valence-electron chi connectivity index (χ2n) is 6.30. The van der Waals surface area contributed by atoms with E-state index in [1.165, 1.54) is 0 Å². The van der Waals surface area contributed by atoms with E-state index in [0.717, 1.165) is 55.7 Å². The van der Waals surface area contributed by atoms with E-state index in [0.29, 0.717) is 11.3 Å². The Morgan fingerprint density at radius 2 is 2.17 bits per heavy atom. The van der Waals surface area contributed by atoms with E-state index in [-0.39, 0.29) is 5.91 Å². The Hall–Kier alpha value is -1.31. The first-order chi connectivity index (χ1) is 11.0. The highest BCUT2D eigenvalue weighted by molar-refractivity contribution is 9.10. The normalized spacial score (nSPS) is 17.1. The van der Waals surface area contributed by atoms with Crippen molar-refractivity contribution in [1.29, 1.82) is 0 Å². The van der Waals surface area contributed by atoms with Gasteiger partial charge in [0.15, 0.2) is 5.58 Å². The number of amides is 1. The summed E-state index contributed by atoms with van der Waals surface area (Å²) in [7, 11) is 4.18. The lowest BCUT2D eigenvalue weighted by molar-refractivity contribution is 0.0756. The van der Waals surface area contributed by atoms with Gasteiger partial charge in [-0.3, -0.25) is 4.79 Å². The third-order valence-corrected chi connectivity index (χ3v) is 4.86. The first kappa shape index (κ1) is 16.5. The summed E-state index contributed by atoms with van der Waals surface area (Å²) in [6.45, 7) is 5.66. The highest BCUT2D eigenvalue weighted by Gasteiger charge is 2.22. The smallest absolute Gasteiger partial charge is 0.270 e. The molecule has 1 saturated heterocycles. The van der Waals surface area contributed by atoms with Gasteiger partial charge in [-0.1, -0.05) is 0 Å². The second-order valence-corrected chi connectivity index (χ2v) is 7.15. The average molecular weight is 383 g/mol. The molecule has 0 unspecified atom stereocenters. The van der Waals surface area contributed by atoms with Crippen molar-refractivity contribution in [3.63, 3.8) is 0 Å². The monoisotopic (exact) mass is 382 g/mol. The summed E-state index contributed by atoms with van der Waals surface area (Å²) in [6, 6.07) is 1.79. The fraction of sp³-hybridized carbons (Fsp3) is 0.562. The number of likely N-dealkylation sites (N-methyl/N-ethyl adjacent to an activating group) is 1. The molecule has 126 valence electrons. The number of carbonyl (C=O) groups excluding carboxylic acids is 1. The van der Waals surface area contributed by atoms with Crippen molar-refractivity contribution < 1.29 is 9.21 Å². The van der Waals surface area contributed by atoms with Crippen LogP contribution in [0.1, 0.15) is 16.9 Å². The van der Waals surface area contributed by atoms with Crippen molar-refractivity contribution in [2.24, 2.45) is 0 Å². The van der Waals surface area contributed by atoms with Crippen LogP contribution < -0.4 is 0 Å². The Bertz CT molecular complexity index is 679. The SMILES string of the molecule is CN(C)CCN1CCCN(C(=O)c2cc3occ(Br)c3[nH]2)CC1. The molecule has 0 spiro atoms. The summed E-state index contributed by atoms with van der Waals surface area (Å²) >= 11 is 3.41. The van der Waals surface area contributed by atoms with E-state index in [1.54, 1.807) is 12.3 Å². The largest absolute Gasteiger partial charge is 0.461 e. The Morgan fingerprint density at radius 3 is 2.91 bits per heavy atom. The summed E-state index contributed by atoms with van der Waals surface area (Å²) in [5.41, 5.74) is 2.15. The maximum atomic E-state index is 12.7. The zero-order valence-corrected chi connectivity index (χ0v) is 15.2. The molecule has 0 aliphatic carbocycles. The Morgan fingerprint density at radius 1 is 1.35 bits per heavy atom. The molecule has 1 fully saturated rings. The quantitative estimate of drug-likeness (QED) is 0.880. The van der Waals surface area contributed by atoms with Gasteiger partial charge >= 0.3 is 0 Å². The zero-order valence-electron chi connectivity index (χ0n) is 13.6. The molecule has 1 amide bonds. The number of fused-ring (bicyclic) bond motifs is 1. The van der Waals surface area contributed by atoms with Crippen molar-refractivity contribution in [2.45, 2.75) is 6.42 Å². The van der Waals surface area contributed by atoms with Crippen molar-refractivity contribution in [1.82, 2.24) is 19.7 Å². The number of aromatic amines is 1. The molecule has 3 rings (SSSR count). The van der Waals surface area contributed by atoms with Crippen molar-refractivity contribution in [2.75, 3.05) is 53.4 Å². The zero-order chi connectivity index (χ0) is 16.4. The number of H-pyrrole nitrogens is 1. The Balaban J connectivity index is 1.63. The highest BCUT2D eigenvalue weighted by Crippen LogP contribution is 2.26. The highest BCUT2D eigenvalue weighted by atomic mass is 79.9. The minimum atomic E-state index is 0.0535. The molecule has 1 aliphatic rings. The van der Waals surface area contributed by atoms with Gasteiger partial charge in [0.05, 0.1) is 9.99 Å². The number of nitrogens with one attached hydrogen (secondary N) is 1. The molecule has 7 heteroatoms. The summed E-state index contributed by atoms with van der Waals surface area (Å²) < 4.78 is 6.25.